The molecule has 1 aromatic rings. The quantitative estimate of drug-likeness (QED) is 0.875. The third-order valence-corrected chi connectivity index (χ3v) is 4.49. The number of primary amides is 1. The third kappa shape index (κ3) is 4.78. The van der Waals surface area contributed by atoms with E-state index in [0.29, 0.717) is 17.9 Å². The van der Waals surface area contributed by atoms with E-state index in [0.717, 1.165) is 18.5 Å². The highest BCUT2D eigenvalue weighted by molar-refractivity contribution is 5.92. The summed E-state index contributed by atoms with van der Waals surface area (Å²) >= 11 is 0. The Morgan fingerprint density at radius 2 is 1.96 bits per heavy atom. The molecule has 23 heavy (non-hydrogen) atoms. The Kier molecular flexibility index (Phi) is 5.39. The largest absolute Gasteiger partial charge is 0.366 e. The molecule has 126 valence electrons. The second-order valence-corrected chi connectivity index (χ2v) is 7.56. The van der Waals surface area contributed by atoms with Crippen LogP contribution in [0.25, 0.3) is 0 Å². The normalized spacial score (nSPS) is 17.0. The summed E-state index contributed by atoms with van der Waals surface area (Å²) in [7, 11) is 0. The fourth-order valence-corrected chi connectivity index (χ4v) is 3.15. The molecular formula is C18H27N3O2. The molecule has 5 heteroatoms. The summed E-state index contributed by atoms with van der Waals surface area (Å²) in [5, 5.41) is 3.13. The zero-order valence-corrected chi connectivity index (χ0v) is 14.3. The van der Waals surface area contributed by atoms with Gasteiger partial charge in [-0.25, -0.2) is 0 Å². The summed E-state index contributed by atoms with van der Waals surface area (Å²) in [4.78, 5) is 27.9. The Morgan fingerprint density at radius 1 is 1.30 bits per heavy atom. The van der Waals surface area contributed by atoms with Gasteiger partial charge in [0.15, 0.2) is 0 Å². The van der Waals surface area contributed by atoms with Crippen molar-refractivity contribution in [3.05, 3.63) is 29.6 Å². The highest BCUT2D eigenvalue weighted by Gasteiger charge is 2.30. The van der Waals surface area contributed by atoms with Crippen molar-refractivity contribution in [1.29, 1.82) is 0 Å². The lowest BCUT2D eigenvalue weighted by Crippen LogP contribution is -2.37. The third-order valence-electron chi connectivity index (χ3n) is 4.49. The fourth-order valence-electron chi connectivity index (χ4n) is 3.15. The molecule has 0 spiro atoms. The number of amides is 2. The van der Waals surface area contributed by atoms with Crippen LogP contribution in [0, 0.1) is 11.3 Å². The van der Waals surface area contributed by atoms with E-state index in [1.807, 2.05) is 0 Å². The summed E-state index contributed by atoms with van der Waals surface area (Å²) in [6, 6.07) is 3.23. The second-order valence-electron chi connectivity index (χ2n) is 7.56. The lowest BCUT2D eigenvalue weighted by molar-refractivity contribution is -0.123. The number of hydrogen-bond acceptors (Lipinski definition) is 3. The number of nitrogens with one attached hydrogen (secondary N) is 1. The minimum atomic E-state index is -0.498. The second kappa shape index (κ2) is 7.11. The molecule has 1 unspecified atom stereocenters. The molecule has 0 saturated heterocycles. The van der Waals surface area contributed by atoms with E-state index < -0.39 is 5.91 Å². The van der Waals surface area contributed by atoms with Gasteiger partial charge >= 0.3 is 0 Å². The van der Waals surface area contributed by atoms with Gasteiger partial charge in [-0.05, 0) is 36.3 Å². The Labute approximate surface area is 138 Å². The van der Waals surface area contributed by atoms with Crippen LogP contribution in [0.2, 0.25) is 0 Å². The van der Waals surface area contributed by atoms with Gasteiger partial charge in [-0.15, -0.1) is 0 Å². The van der Waals surface area contributed by atoms with Crippen LogP contribution in [0.3, 0.4) is 0 Å². The van der Waals surface area contributed by atoms with Gasteiger partial charge in [-0.1, -0.05) is 33.6 Å². The highest BCUT2D eigenvalue weighted by atomic mass is 16.2. The van der Waals surface area contributed by atoms with Crippen LogP contribution in [0.4, 0.5) is 0 Å². The van der Waals surface area contributed by atoms with Crippen LogP contribution < -0.4 is 11.1 Å². The summed E-state index contributed by atoms with van der Waals surface area (Å²) in [6.45, 7) is 6.20. The molecule has 3 N–H and O–H groups in total. The van der Waals surface area contributed by atoms with Crippen molar-refractivity contribution in [2.45, 2.75) is 58.9 Å². The minimum absolute atomic E-state index is 0.0811. The molecule has 1 aromatic heterocycles. The van der Waals surface area contributed by atoms with Gasteiger partial charge in [0, 0.05) is 12.6 Å². The number of carbonyl (C=O) groups is 2. The van der Waals surface area contributed by atoms with Crippen LogP contribution in [0.5, 0.6) is 0 Å². The Bertz CT molecular complexity index is 555. The van der Waals surface area contributed by atoms with Gasteiger partial charge in [-0.3, -0.25) is 14.6 Å². The summed E-state index contributed by atoms with van der Waals surface area (Å²) < 4.78 is 0. The van der Waals surface area contributed by atoms with Crippen molar-refractivity contribution in [1.82, 2.24) is 10.3 Å². The molecular weight excluding hydrogens is 290 g/mol. The first-order valence-electron chi connectivity index (χ1n) is 8.32. The first kappa shape index (κ1) is 17.4. The molecule has 1 fully saturated rings. The number of pyridine rings is 1. The monoisotopic (exact) mass is 317 g/mol. The molecule has 0 aliphatic heterocycles. The number of aromatic nitrogens is 1. The number of nitrogens with two attached hydrogens (primary N) is 1. The minimum Gasteiger partial charge on any atom is -0.366 e. The van der Waals surface area contributed by atoms with Crippen LogP contribution in [0.15, 0.2) is 18.3 Å². The molecule has 5 nitrogen and oxygen atoms in total. The molecule has 1 aliphatic rings. The van der Waals surface area contributed by atoms with Gasteiger partial charge < -0.3 is 11.1 Å². The first-order chi connectivity index (χ1) is 10.8. The smallest absolute Gasteiger partial charge is 0.250 e. The molecule has 1 saturated carbocycles. The van der Waals surface area contributed by atoms with Crippen molar-refractivity contribution < 1.29 is 9.59 Å². The molecule has 0 radical (unpaired) electrons. The summed E-state index contributed by atoms with van der Waals surface area (Å²) in [5.74, 6) is 0.0973. The van der Waals surface area contributed by atoms with E-state index in [4.69, 9.17) is 5.73 Å². The molecule has 1 aliphatic carbocycles. The Morgan fingerprint density at radius 3 is 2.43 bits per heavy atom. The maximum Gasteiger partial charge on any atom is 0.250 e. The van der Waals surface area contributed by atoms with Gasteiger partial charge in [0.2, 0.25) is 11.8 Å². The first-order valence-corrected chi connectivity index (χ1v) is 8.32. The lowest BCUT2D eigenvalue weighted by Gasteiger charge is -2.31. The molecule has 2 amide bonds. The highest BCUT2D eigenvalue weighted by Crippen LogP contribution is 2.33. The standard InChI is InChI=1S/C18H27N3O2/c1-18(2,3)16(14-9-8-13(11-20-14)17(19)23)21-15(22)10-12-6-4-5-7-12/h8-9,11-12,16H,4-7,10H2,1-3H3,(H2,19,23)(H,21,22). The number of hydrogen-bond donors (Lipinski definition) is 2. The van der Waals surface area contributed by atoms with E-state index in [1.54, 1.807) is 12.1 Å². The average Bonchev–Trinajstić information content (AvgIpc) is 2.96. The predicted octanol–water partition coefficient (Wildman–Crippen LogP) is 2.96. The van der Waals surface area contributed by atoms with Crippen LogP contribution in [0.1, 0.15) is 75.0 Å². The summed E-state index contributed by atoms with van der Waals surface area (Å²) in [5.41, 5.74) is 6.20. The van der Waals surface area contributed by atoms with E-state index in [9.17, 15) is 9.59 Å². The van der Waals surface area contributed by atoms with E-state index in [1.165, 1.54) is 19.0 Å². The van der Waals surface area contributed by atoms with Crippen molar-refractivity contribution in [3.63, 3.8) is 0 Å². The Hall–Kier alpha value is -1.91. The molecule has 2 rings (SSSR count). The SMILES string of the molecule is CC(C)(C)C(NC(=O)CC1CCCC1)c1ccc(C(N)=O)cn1. The van der Waals surface area contributed by atoms with Crippen molar-refractivity contribution in [3.8, 4) is 0 Å². The molecule has 1 atom stereocenters. The zero-order valence-electron chi connectivity index (χ0n) is 14.3. The molecule has 1 heterocycles. The zero-order chi connectivity index (χ0) is 17.0. The van der Waals surface area contributed by atoms with E-state index in [-0.39, 0.29) is 17.4 Å². The molecule has 0 aromatic carbocycles. The number of carbonyl (C=O) groups excluding carboxylic acids is 2. The van der Waals surface area contributed by atoms with E-state index in [2.05, 4.69) is 31.1 Å². The van der Waals surface area contributed by atoms with Crippen LogP contribution >= 0.6 is 0 Å². The fraction of sp³-hybridized carbons (Fsp3) is 0.611. The maximum absolute atomic E-state index is 12.4. The number of nitrogens with zero attached hydrogens (tertiary/aromatic N) is 1. The van der Waals surface area contributed by atoms with Crippen molar-refractivity contribution in [2.24, 2.45) is 17.1 Å². The Balaban J connectivity index is 2.10. The predicted molar refractivity (Wildman–Crippen MR) is 89.7 cm³/mol. The topological polar surface area (TPSA) is 85.1 Å². The van der Waals surface area contributed by atoms with Gasteiger partial charge in [-0.2, -0.15) is 0 Å². The van der Waals surface area contributed by atoms with Crippen LogP contribution in [-0.2, 0) is 4.79 Å². The molecule has 0 bridgehead atoms. The van der Waals surface area contributed by atoms with E-state index >= 15 is 0 Å². The van der Waals surface area contributed by atoms with Gasteiger partial charge in [0.05, 0.1) is 17.3 Å². The lowest BCUT2D eigenvalue weighted by atomic mass is 9.84. The van der Waals surface area contributed by atoms with Gasteiger partial charge in [0.25, 0.3) is 0 Å². The van der Waals surface area contributed by atoms with Crippen molar-refractivity contribution in [2.75, 3.05) is 0 Å². The number of rotatable bonds is 5. The maximum atomic E-state index is 12.4. The van der Waals surface area contributed by atoms with Crippen molar-refractivity contribution >= 4 is 11.8 Å². The summed E-state index contributed by atoms with van der Waals surface area (Å²) in [6.07, 6.45) is 6.83. The van der Waals surface area contributed by atoms with Gasteiger partial charge in [0.1, 0.15) is 0 Å². The average molecular weight is 317 g/mol. The van der Waals surface area contributed by atoms with Crippen LogP contribution in [-0.4, -0.2) is 16.8 Å².